The minimum absolute atomic E-state index is 0.0330. The van der Waals surface area contributed by atoms with Crippen molar-refractivity contribution < 1.29 is 28.6 Å². The number of para-hydroxylation sites is 1. The third-order valence-corrected chi connectivity index (χ3v) is 3.60. The number of benzene rings is 2. The summed E-state index contributed by atoms with van der Waals surface area (Å²) in [6, 6.07) is 13.2. The van der Waals surface area contributed by atoms with E-state index in [-0.39, 0.29) is 37.3 Å². The lowest BCUT2D eigenvalue weighted by Crippen LogP contribution is -2.27. The van der Waals surface area contributed by atoms with Crippen molar-refractivity contribution in [3.8, 4) is 5.75 Å². The summed E-state index contributed by atoms with van der Waals surface area (Å²) in [5.41, 5.74) is 1.72. The molecule has 8 nitrogen and oxygen atoms in total. The number of nitrogens with one attached hydrogen (secondary N) is 2. The molecule has 0 aliphatic heterocycles. The van der Waals surface area contributed by atoms with Gasteiger partial charge in [-0.2, -0.15) is 0 Å². The van der Waals surface area contributed by atoms with E-state index < -0.39 is 6.16 Å². The average molecular weight is 386 g/mol. The predicted molar refractivity (Wildman–Crippen MR) is 102 cm³/mol. The molecule has 0 fully saturated rings. The lowest BCUT2D eigenvalue weighted by atomic mass is 10.1. The van der Waals surface area contributed by atoms with Crippen LogP contribution in [-0.2, 0) is 20.8 Å². The zero-order valence-electron chi connectivity index (χ0n) is 15.7. The second kappa shape index (κ2) is 10.7. The van der Waals surface area contributed by atoms with Gasteiger partial charge in [0.1, 0.15) is 12.4 Å². The Hall–Kier alpha value is -3.39. The SMILES string of the molecule is CCOC(=O)Oc1ccc(C(=O)Nc2ccccc2CNC(=O)COC)cc1. The molecule has 0 saturated carbocycles. The molecular weight excluding hydrogens is 364 g/mol. The predicted octanol–water partition coefficient (Wildman–Crippen LogP) is 2.74. The van der Waals surface area contributed by atoms with Gasteiger partial charge in [0.15, 0.2) is 0 Å². The summed E-state index contributed by atoms with van der Waals surface area (Å²) < 4.78 is 14.4. The molecule has 0 bridgehead atoms. The molecule has 8 heteroatoms. The first-order valence-corrected chi connectivity index (χ1v) is 8.63. The number of anilines is 1. The minimum Gasteiger partial charge on any atom is -0.434 e. The standard InChI is InChI=1S/C20H22N2O6/c1-3-27-20(25)28-16-10-8-14(9-11-16)19(24)22-17-7-5-4-6-15(17)12-21-18(23)13-26-2/h4-11H,3,12-13H2,1-2H3,(H,21,23)(H,22,24). The number of amides is 2. The van der Waals surface area contributed by atoms with Crippen LogP contribution >= 0.6 is 0 Å². The lowest BCUT2D eigenvalue weighted by molar-refractivity contribution is -0.124. The van der Waals surface area contributed by atoms with Crippen LogP contribution in [0, 0.1) is 0 Å². The van der Waals surface area contributed by atoms with Crippen LogP contribution < -0.4 is 15.4 Å². The summed E-state index contributed by atoms with van der Waals surface area (Å²) >= 11 is 0. The van der Waals surface area contributed by atoms with Gasteiger partial charge in [-0.05, 0) is 42.8 Å². The summed E-state index contributed by atoms with van der Waals surface area (Å²) in [6.07, 6.45) is -0.802. The lowest BCUT2D eigenvalue weighted by Gasteiger charge is -2.12. The molecule has 0 aromatic heterocycles. The molecule has 0 unspecified atom stereocenters. The Labute approximate surface area is 162 Å². The highest BCUT2D eigenvalue weighted by Crippen LogP contribution is 2.18. The molecule has 2 amide bonds. The van der Waals surface area contributed by atoms with Crippen LogP contribution in [0.3, 0.4) is 0 Å². The number of rotatable bonds is 8. The van der Waals surface area contributed by atoms with Gasteiger partial charge >= 0.3 is 6.16 Å². The molecule has 0 heterocycles. The highest BCUT2D eigenvalue weighted by molar-refractivity contribution is 6.04. The Kier molecular flexibility index (Phi) is 7.98. The molecule has 28 heavy (non-hydrogen) atoms. The van der Waals surface area contributed by atoms with E-state index in [9.17, 15) is 14.4 Å². The van der Waals surface area contributed by atoms with Crippen molar-refractivity contribution in [1.82, 2.24) is 5.32 Å². The summed E-state index contributed by atoms with van der Waals surface area (Å²) in [6.45, 7) is 2.11. The van der Waals surface area contributed by atoms with E-state index in [0.29, 0.717) is 11.3 Å². The molecule has 0 spiro atoms. The summed E-state index contributed by atoms with van der Waals surface area (Å²) in [7, 11) is 1.44. The fourth-order valence-corrected chi connectivity index (χ4v) is 2.28. The highest BCUT2D eigenvalue weighted by atomic mass is 16.7. The maximum absolute atomic E-state index is 12.5. The molecule has 2 rings (SSSR count). The maximum Gasteiger partial charge on any atom is 0.513 e. The van der Waals surface area contributed by atoms with Crippen LogP contribution in [0.2, 0.25) is 0 Å². The fourth-order valence-electron chi connectivity index (χ4n) is 2.28. The summed E-state index contributed by atoms with van der Waals surface area (Å²) in [5.74, 6) is -0.310. The molecular formula is C20H22N2O6. The first-order valence-electron chi connectivity index (χ1n) is 8.63. The van der Waals surface area contributed by atoms with Crippen molar-refractivity contribution in [2.24, 2.45) is 0 Å². The van der Waals surface area contributed by atoms with E-state index in [4.69, 9.17) is 14.2 Å². The molecule has 0 radical (unpaired) electrons. The third-order valence-electron chi connectivity index (χ3n) is 3.60. The Morgan fingerprint density at radius 2 is 1.71 bits per heavy atom. The van der Waals surface area contributed by atoms with Crippen molar-refractivity contribution in [2.75, 3.05) is 25.6 Å². The van der Waals surface area contributed by atoms with Gasteiger partial charge < -0.3 is 24.8 Å². The second-order valence-corrected chi connectivity index (χ2v) is 5.63. The van der Waals surface area contributed by atoms with Crippen molar-refractivity contribution in [1.29, 1.82) is 0 Å². The van der Waals surface area contributed by atoms with E-state index in [1.807, 2.05) is 6.07 Å². The second-order valence-electron chi connectivity index (χ2n) is 5.63. The maximum atomic E-state index is 12.5. The first-order chi connectivity index (χ1) is 13.5. The molecule has 148 valence electrons. The number of carbonyl (C=O) groups is 3. The van der Waals surface area contributed by atoms with Gasteiger partial charge in [-0.25, -0.2) is 4.79 Å². The van der Waals surface area contributed by atoms with Crippen molar-refractivity contribution >= 4 is 23.7 Å². The fraction of sp³-hybridized carbons (Fsp3) is 0.250. The quantitative estimate of drug-likeness (QED) is 0.534. The largest absolute Gasteiger partial charge is 0.513 e. The smallest absolute Gasteiger partial charge is 0.434 e. The summed E-state index contributed by atoms with van der Waals surface area (Å²) in [4.78, 5) is 35.3. The normalized spacial score (nSPS) is 10.1. The van der Waals surface area contributed by atoms with Crippen molar-refractivity contribution in [3.05, 3.63) is 59.7 Å². The van der Waals surface area contributed by atoms with Crippen LogP contribution in [-0.4, -0.2) is 38.3 Å². The van der Waals surface area contributed by atoms with Crippen LogP contribution in [0.25, 0.3) is 0 Å². The van der Waals surface area contributed by atoms with Gasteiger partial charge in [-0.1, -0.05) is 18.2 Å². The molecule has 0 aliphatic carbocycles. The highest BCUT2D eigenvalue weighted by Gasteiger charge is 2.11. The van der Waals surface area contributed by atoms with Crippen LogP contribution in [0.15, 0.2) is 48.5 Å². The molecule has 0 atom stereocenters. The molecule has 0 saturated heterocycles. The van der Waals surface area contributed by atoms with Gasteiger partial charge in [-0.3, -0.25) is 9.59 Å². The molecule has 2 aromatic carbocycles. The van der Waals surface area contributed by atoms with E-state index in [1.54, 1.807) is 25.1 Å². The van der Waals surface area contributed by atoms with Gasteiger partial charge in [0.05, 0.1) is 6.61 Å². The third kappa shape index (κ3) is 6.40. The molecule has 0 aliphatic rings. The minimum atomic E-state index is -0.802. The van der Waals surface area contributed by atoms with E-state index in [0.717, 1.165) is 5.56 Å². The number of hydrogen-bond donors (Lipinski definition) is 2. The van der Waals surface area contributed by atoms with Crippen molar-refractivity contribution in [3.63, 3.8) is 0 Å². The van der Waals surface area contributed by atoms with E-state index in [2.05, 4.69) is 10.6 Å². The Balaban J connectivity index is 2.00. The van der Waals surface area contributed by atoms with Crippen LogP contribution in [0.1, 0.15) is 22.8 Å². The molecule has 2 N–H and O–H groups in total. The Morgan fingerprint density at radius 1 is 1.00 bits per heavy atom. The average Bonchev–Trinajstić information content (AvgIpc) is 2.68. The van der Waals surface area contributed by atoms with Gasteiger partial charge in [-0.15, -0.1) is 0 Å². The topological polar surface area (TPSA) is 103 Å². The zero-order chi connectivity index (χ0) is 20.4. The number of carbonyl (C=O) groups excluding carboxylic acids is 3. The van der Waals surface area contributed by atoms with Gasteiger partial charge in [0, 0.05) is 24.9 Å². The summed E-state index contributed by atoms with van der Waals surface area (Å²) in [5, 5.41) is 5.52. The zero-order valence-corrected chi connectivity index (χ0v) is 15.7. The number of hydrogen-bond acceptors (Lipinski definition) is 6. The van der Waals surface area contributed by atoms with E-state index in [1.165, 1.54) is 31.4 Å². The Bertz CT molecular complexity index is 820. The first kappa shape index (κ1) is 20.9. The van der Waals surface area contributed by atoms with Crippen LogP contribution in [0.4, 0.5) is 10.5 Å². The monoisotopic (exact) mass is 386 g/mol. The molecule has 2 aromatic rings. The van der Waals surface area contributed by atoms with Crippen LogP contribution in [0.5, 0.6) is 5.75 Å². The van der Waals surface area contributed by atoms with Gasteiger partial charge in [0.25, 0.3) is 5.91 Å². The van der Waals surface area contributed by atoms with Crippen molar-refractivity contribution in [2.45, 2.75) is 13.5 Å². The Morgan fingerprint density at radius 3 is 2.39 bits per heavy atom. The van der Waals surface area contributed by atoms with Gasteiger partial charge in [0.2, 0.25) is 5.91 Å². The number of methoxy groups -OCH3 is 1. The van der Waals surface area contributed by atoms with E-state index >= 15 is 0 Å². The number of ether oxygens (including phenoxy) is 3.